The third kappa shape index (κ3) is 4.29. The van der Waals surface area contributed by atoms with Gasteiger partial charge in [0.2, 0.25) is 0 Å². The van der Waals surface area contributed by atoms with E-state index in [0.29, 0.717) is 5.56 Å². The molecule has 1 N–H and O–H groups in total. The van der Waals surface area contributed by atoms with Crippen molar-refractivity contribution in [1.29, 1.82) is 0 Å². The number of benzene rings is 2. The summed E-state index contributed by atoms with van der Waals surface area (Å²) in [4.78, 5) is 13.6. The van der Waals surface area contributed by atoms with Crippen molar-refractivity contribution < 1.29 is 19.4 Å². The lowest BCUT2D eigenvalue weighted by Crippen LogP contribution is -2.50. The molecule has 0 amide bonds. The van der Waals surface area contributed by atoms with E-state index >= 15 is 0 Å². The third-order valence-electron chi connectivity index (χ3n) is 4.94. The van der Waals surface area contributed by atoms with Gasteiger partial charge in [-0.3, -0.25) is 0 Å². The molecule has 2 aromatic rings. The van der Waals surface area contributed by atoms with Crippen molar-refractivity contribution in [3.05, 3.63) is 66.2 Å². The Morgan fingerprint density at radius 1 is 1.04 bits per heavy atom. The number of rotatable bonds is 5. The zero-order valence-electron chi connectivity index (χ0n) is 14.9. The smallest absolute Gasteiger partial charge is 0.338 e. The van der Waals surface area contributed by atoms with Gasteiger partial charge in [-0.1, -0.05) is 62.0 Å². The quantitative estimate of drug-likeness (QED) is 0.804. The van der Waals surface area contributed by atoms with Crippen molar-refractivity contribution in [1.82, 2.24) is 0 Å². The molecule has 1 fully saturated rings. The second-order valence-electron chi connectivity index (χ2n) is 6.61. The van der Waals surface area contributed by atoms with E-state index in [1.165, 1.54) is 11.8 Å². The van der Waals surface area contributed by atoms with Crippen LogP contribution in [0, 0.1) is 11.8 Å². The molecule has 1 aliphatic heterocycles. The maximum Gasteiger partial charge on any atom is 0.338 e. The largest absolute Gasteiger partial charge is 0.455 e. The average Bonchev–Trinajstić information content (AvgIpc) is 2.68. The Morgan fingerprint density at radius 3 is 2.27 bits per heavy atom. The maximum absolute atomic E-state index is 12.6. The molecule has 3 rings (SSSR count). The fourth-order valence-electron chi connectivity index (χ4n) is 3.13. The summed E-state index contributed by atoms with van der Waals surface area (Å²) in [6, 6.07) is 18.9. The average molecular weight is 372 g/mol. The highest BCUT2D eigenvalue weighted by Gasteiger charge is 2.44. The number of hydrogen-bond donors (Lipinski definition) is 1. The molecule has 4 nitrogen and oxygen atoms in total. The fourth-order valence-corrected chi connectivity index (χ4v) is 4.34. The molecule has 1 saturated heterocycles. The van der Waals surface area contributed by atoms with Crippen LogP contribution in [0.1, 0.15) is 24.2 Å². The van der Waals surface area contributed by atoms with E-state index in [4.69, 9.17) is 9.47 Å². The molecular weight excluding hydrogens is 348 g/mol. The van der Waals surface area contributed by atoms with E-state index in [1.54, 1.807) is 12.1 Å². The number of thioether (sulfide) groups is 1. The van der Waals surface area contributed by atoms with Gasteiger partial charge in [0.1, 0.15) is 11.5 Å². The van der Waals surface area contributed by atoms with Gasteiger partial charge in [-0.15, -0.1) is 0 Å². The summed E-state index contributed by atoms with van der Waals surface area (Å²) < 4.78 is 12.0. The van der Waals surface area contributed by atoms with Gasteiger partial charge in [0.25, 0.3) is 0 Å². The summed E-state index contributed by atoms with van der Waals surface area (Å²) in [5.74, 6) is -0.199. The van der Waals surface area contributed by atoms with E-state index in [1.807, 2.05) is 55.5 Å². The van der Waals surface area contributed by atoms with E-state index < -0.39 is 6.10 Å². The molecule has 0 saturated carbocycles. The lowest BCUT2D eigenvalue weighted by atomic mass is 9.84. The number of esters is 1. The second kappa shape index (κ2) is 8.71. The molecule has 2 aromatic carbocycles. The maximum atomic E-state index is 12.6. The van der Waals surface area contributed by atoms with Gasteiger partial charge in [-0.25, -0.2) is 4.79 Å². The Hall–Kier alpha value is -1.82. The molecule has 0 aromatic heterocycles. The molecule has 0 radical (unpaired) electrons. The molecule has 0 bridgehead atoms. The van der Waals surface area contributed by atoms with E-state index in [-0.39, 0.29) is 36.0 Å². The summed E-state index contributed by atoms with van der Waals surface area (Å²) in [6.07, 6.45) is -0.663. The SMILES string of the molecule is C[C@@H]1C(CO)O[C@H](Sc2ccccc2)C(OC(=O)c2ccccc2)[C@H]1C. The molecule has 2 unspecified atom stereocenters. The summed E-state index contributed by atoms with van der Waals surface area (Å²) in [5.41, 5.74) is 0.161. The number of carbonyl (C=O) groups is 1. The summed E-state index contributed by atoms with van der Waals surface area (Å²) in [7, 11) is 0. The van der Waals surface area contributed by atoms with Gasteiger partial charge in [0.15, 0.2) is 0 Å². The first-order valence-corrected chi connectivity index (χ1v) is 9.72. The van der Waals surface area contributed by atoms with Gasteiger partial charge in [0, 0.05) is 10.8 Å². The van der Waals surface area contributed by atoms with Crippen LogP contribution in [0.15, 0.2) is 65.6 Å². The van der Waals surface area contributed by atoms with E-state index in [0.717, 1.165) is 4.90 Å². The minimum Gasteiger partial charge on any atom is -0.455 e. The Bertz CT molecular complexity index is 706. The van der Waals surface area contributed by atoms with Crippen LogP contribution in [0.4, 0.5) is 0 Å². The highest BCUT2D eigenvalue weighted by molar-refractivity contribution is 7.99. The Morgan fingerprint density at radius 2 is 1.65 bits per heavy atom. The van der Waals surface area contributed by atoms with Crippen molar-refractivity contribution >= 4 is 17.7 Å². The minimum absolute atomic E-state index is 0.0449. The van der Waals surface area contributed by atoms with Crippen LogP contribution in [0.2, 0.25) is 0 Å². The summed E-state index contributed by atoms with van der Waals surface area (Å²) in [6.45, 7) is 4.03. The number of ether oxygens (including phenoxy) is 2. The Balaban J connectivity index is 1.81. The number of hydrogen-bond acceptors (Lipinski definition) is 5. The van der Waals surface area contributed by atoms with Gasteiger partial charge < -0.3 is 14.6 Å². The topological polar surface area (TPSA) is 55.8 Å². The van der Waals surface area contributed by atoms with Crippen molar-refractivity contribution in [3.63, 3.8) is 0 Å². The van der Waals surface area contributed by atoms with Crippen molar-refractivity contribution in [2.75, 3.05) is 6.61 Å². The van der Waals surface area contributed by atoms with Crippen molar-refractivity contribution in [2.24, 2.45) is 11.8 Å². The number of aliphatic hydroxyl groups is 1. The first-order valence-electron chi connectivity index (χ1n) is 8.84. The van der Waals surface area contributed by atoms with Gasteiger partial charge >= 0.3 is 5.97 Å². The monoisotopic (exact) mass is 372 g/mol. The predicted octanol–water partition coefficient (Wildman–Crippen LogP) is 3.99. The zero-order chi connectivity index (χ0) is 18.5. The van der Waals surface area contributed by atoms with Crippen LogP contribution in [0.5, 0.6) is 0 Å². The van der Waals surface area contributed by atoms with Crippen LogP contribution < -0.4 is 0 Å². The molecule has 0 spiro atoms. The minimum atomic E-state index is -0.397. The van der Waals surface area contributed by atoms with E-state index in [2.05, 4.69) is 6.92 Å². The third-order valence-corrected chi connectivity index (χ3v) is 6.10. The molecule has 5 heteroatoms. The molecule has 5 atom stereocenters. The van der Waals surface area contributed by atoms with Crippen LogP contribution in [-0.4, -0.2) is 35.3 Å². The van der Waals surface area contributed by atoms with Crippen molar-refractivity contribution in [3.8, 4) is 0 Å². The van der Waals surface area contributed by atoms with Crippen molar-refractivity contribution in [2.45, 2.75) is 36.4 Å². The van der Waals surface area contributed by atoms with Crippen LogP contribution in [0.25, 0.3) is 0 Å². The van der Waals surface area contributed by atoms with Crippen LogP contribution in [-0.2, 0) is 9.47 Å². The summed E-state index contributed by atoms with van der Waals surface area (Å²) >= 11 is 1.52. The van der Waals surface area contributed by atoms with Gasteiger partial charge in [0.05, 0.1) is 18.3 Å². The Kier molecular flexibility index (Phi) is 6.35. The molecular formula is C21H24O4S. The number of aliphatic hydroxyl groups excluding tert-OH is 1. The normalized spacial score (nSPS) is 28.5. The van der Waals surface area contributed by atoms with Gasteiger partial charge in [-0.2, -0.15) is 0 Å². The second-order valence-corrected chi connectivity index (χ2v) is 7.78. The Labute approximate surface area is 158 Å². The highest BCUT2D eigenvalue weighted by Crippen LogP contribution is 2.40. The standard InChI is InChI=1S/C21H24O4S/c1-14-15(2)19(25-20(23)16-9-5-3-6-10-16)21(24-18(14)13-22)26-17-11-7-4-8-12-17/h3-12,14-15,18-19,21-22H,13H2,1-2H3/t14-,15-,18?,19?,21+/m0/s1. The lowest BCUT2D eigenvalue weighted by molar-refractivity contribution is -0.148. The first-order chi connectivity index (χ1) is 12.6. The molecule has 1 aliphatic rings. The zero-order valence-corrected chi connectivity index (χ0v) is 15.8. The highest BCUT2D eigenvalue weighted by atomic mass is 32.2. The van der Waals surface area contributed by atoms with E-state index in [9.17, 15) is 9.90 Å². The molecule has 138 valence electrons. The first kappa shape index (κ1) is 19.0. The fraction of sp³-hybridized carbons (Fsp3) is 0.381. The predicted molar refractivity (Wildman–Crippen MR) is 102 cm³/mol. The van der Waals surface area contributed by atoms with Gasteiger partial charge in [-0.05, 0) is 30.2 Å². The summed E-state index contributed by atoms with van der Waals surface area (Å²) in [5, 5.41) is 9.67. The lowest BCUT2D eigenvalue weighted by Gasteiger charge is -2.43. The molecule has 0 aliphatic carbocycles. The molecule has 26 heavy (non-hydrogen) atoms. The number of carbonyl (C=O) groups excluding carboxylic acids is 1. The van der Waals surface area contributed by atoms with Crippen LogP contribution >= 0.6 is 11.8 Å². The van der Waals surface area contributed by atoms with Crippen LogP contribution in [0.3, 0.4) is 0 Å². The molecule has 1 heterocycles.